The van der Waals surface area contributed by atoms with E-state index >= 15 is 0 Å². The van der Waals surface area contributed by atoms with Gasteiger partial charge in [-0.2, -0.15) is 18.2 Å². The van der Waals surface area contributed by atoms with E-state index in [1.807, 2.05) is 0 Å². The lowest BCUT2D eigenvalue weighted by molar-refractivity contribution is -0.159. The van der Waals surface area contributed by atoms with Crippen LogP contribution >= 0.6 is 0 Å². The molecule has 0 aliphatic rings. The van der Waals surface area contributed by atoms with E-state index in [0.29, 0.717) is 11.4 Å². The van der Waals surface area contributed by atoms with Gasteiger partial charge in [0, 0.05) is 30.4 Å². The van der Waals surface area contributed by atoms with Gasteiger partial charge >= 0.3 is 18.2 Å². The molecule has 3 aromatic heterocycles. The normalized spacial score (nSPS) is 11.1. The summed E-state index contributed by atoms with van der Waals surface area (Å²) in [6, 6.07) is 5.88. The molecule has 156 valence electrons. The molecule has 0 aliphatic carbocycles. The molecule has 13 heteroatoms. The number of anilines is 2. The van der Waals surface area contributed by atoms with Gasteiger partial charge in [-0.25, -0.2) is 14.8 Å². The van der Waals surface area contributed by atoms with E-state index in [0.717, 1.165) is 0 Å². The molecule has 30 heavy (non-hydrogen) atoms. The van der Waals surface area contributed by atoms with Crippen LogP contribution in [0.25, 0.3) is 11.4 Å². The van der Waals surface area contributed by atoms with Gasteiger partial charge in [0.1, 0.15) is 18.2 Å². The van der Waals surface area contributed by atoms with E-state index < -0.39 is 18.2 Å². The third-order valence-corrected chi connectivity index (χ3v) is 3.42. The number of pyridine rings is 2. The predicted molar refractivity (Wildman–Crippen MR) is 94.9 cm³/mol. The van der Waals surface area contributed by atoms with E-state index in [1.54, 1.807) is 12.1 Å². The Kier molecular flexibility index (Phi) is 5.90. The minimum atomic E-state index is -4.75. The largest absolute Gasteiger partial charge is 0.471 e. The van der Waals surface area contributed by atoms with Gasteiger partial charge in [-0.3, -0.25) is 10.1 Å². The van der Waals surface area contributed by atoms with Gasteiger partial charge in [0.05, 0.1) is 0 Å². The number of halogens is 3. The van der Waals surface area contributed by atoms with Crippen LogP contribution in [-0.4, -0.2) is 32.1 Å². The number of aromatic nitrogens is 4. The molecule has 0 aliphatic heterocycles. The molecule has 0 aromatic carbocycles. The molecule has 0 saturated heterocycles. The minimum absolute atomic E-state index is 0.0830. The second-order valence-corrected chi connectivity index (χ2v) is 5.79. The molecule has 0 bridgehead atoms. The molecule has 0 atom stereocenters. The number of nitrogens with one attached hydrogen (secondary N) is 2. The summed E-state index contributed by atoms with van der Waals surface area (Å²) in [7, 11) is 0. The van der Waals surface area contributed by atoms with Crippen LogP contribution in [0, 0.1) is 0 Å². The van der Waals surface area contributed by atoms with E-state index in [2.05, 4.69) is 35.3 Å². The van der Waals surface area contributed by atoms with Crippen LogP contribution < -0.4 is 10.6 Å². The zero-order valence-corrected chi connectivity index (χ0v) is 15.2. The molecule has 0 unspecified atom stereocenters. The van der Waals surface area contributed by atoms with Gasteiger partial charge in [-0.15, -0.1) is 0 Å². The molecule has 0 saturated carbocycles. The summed E-state index contributed by atoms with van der Waals surface area (Å²) in [6.07, 6.45) is -2.94. The van der Waals surface area contributed by atoms with E-state index in [-0.39, 0.29) is 29.7 Å². The molecular formula is C17H13F3N6O4. The summed E-state index contributed by atoms with van der Waals surface area (Å²) in [5.41, 5.74) is 0.749. The number of carbonyl (C=O) groups is 2. The lowest BCUT2D eigenvalue weighted by Gasteiger charge is -2.07. The van der Waals surface area contributed by atoms with Crippen molar-refractivity contribution >= 4 is 23.6 Å². The highest BCUT2D eigenvalue weighted by atomic mass is 19.4. The van der Waals surface area contributed by atoms with Crippen molar-refractivity contribution in [2.75, 3.05) is 10.6 Å². The average Bonchev–Trinajstić information content (AvgIpc) is 3.18. The minimum Gasteiger partial charge on any atom is -0.444 e. The maximum Gasteiger partial charge on any atom is 0.471 e. The molecule has 3 aromatic rings. The van der Waals surface area contributed by atoms with E-state index in [9.17, 15) is 22.8 Å². The number of hydrogen-bond acceptors (Lipinski definition) is 8. The van der Waals surface area contributed by atoms with Gasteiger partial charge in [-0.1, -0.05) is 11.2 Å². The van der Waals surface area contributed by atoms with Crippen LogP contribution in [-0.2, 0) is 22.3 Å². The second-order valence-electron chi connectivity index (χ2n) is 5.79. The summed E-state index contributed by atoms with van der Waals surface area (Å²) in [5.74, 6) is -1.56. The number of amides is 2. The van der Waals surface area contributed by atoms with Crippen LogP contribution in [0.4, 0.5) is 29.6 Å². The van der Waals surface area contributed by atoms with Crippen molar-refractivity contribution in [3.05, 3.63) is 48.1 Å². The first-order valence-electron chi connectivity index (χ1n) is 8.24. The Morgan fingerprint density at radius 3 is 2.33 bits per heavy atom. The lowest BCUT2D eigenvalue weighted by Crippen LogP contribution is -2.14. The van der Waals surface area contributed by atoms with Crippen molar-refractivity contribution in [1.29, 1.82) is 0 Å². The van der Waals surface area contributed by atoms with E-state index in [4.69, 9.17) is 4.74 Å². The standard InChI is InChI=1S/C17H13F3N6O4/c1-9(27)23-12-4-2-10(6-21-12)8-29-16(28)24-13-5-3-11(7-22-13)14-25-15(30-26-14)17(18,19)20/h2-7H,8H2,1H3,(H,21,23,27)(H,22,24,28). The Balaban J connectivity index is 1.53. The summed E-state index contributed by atoms with van der Waals surface area (Å²) in [5, 5.41) is 8.11. The Morgan fingerprint density at radius 1 is 1.07 bits per heavy atom. The zero-order valence-electron chi connectivity index (χ0n) is 15.2. The number of rotatable bonds is 5. The smallest absolute Gasteiger partial charge is 0.444 e. The summed E-state index contributed by atoms with van der Waals surface area (Å²) >= 11 is 0. The van der Waals surface area contributed by atoms with Crippen molar-refractivity contribution in [3.8, 4) is 11.4 Å². The fraction of sp³-hybridized carbons (Fsp3) is 0.176. The average molecular weight is 422 g/mol. The van der Waals surface area contributed by atoms with Crippen LogP contribution in [0.5, 0.6) is 0 Å². The van der Waals surface area contributed by atoms with Gasteiger partial charge in [0.25, 0.3) is 0 Å². The number of alkyl halides is 3. The van der Waals surface area contributed by atoms with Crippen molar-refractivity contribution in [1.82, 2.24) is 20.1 Å². The molecule has 2 N–H and O–H groups in total. The van der Waals surface area contributed by atoms with Crippen LogP contribution in [0.1, 0.15) is 18.4 Å². The Labute approximate surface area is 166 Å². The Bertz CT molecular complexity index is 1030. The van der Waals surface area contributed by atoms with Gasteiger partial charge in [0.15, 0.2) is 0 Å². The summed E-state index contributed by atoms with van der Waals surface area (Å²) in [4.78, 5) is 33.9. The fourth-order valence-corrected chi connectivity index (χ4v) is 2.11. The molecule has 0 spiro atoms. The third kappa shape index (κ3) is 5.50. The fourth-order valence-electron chi connectivity index (χ4n) is 2.11. The first kappa shape index (κ1) is 20.7. The highest BCUT2D eigenvalue weighted by molar-refractivity contribution is 5.87. The lowest BCUT2D eigenvalue weighted by atomic mass is 10.2. The third-order valence-electron chi connectivity index (χ3n) is 3.42. The first-order chi connectivity index (χ1) is 14.2. The molecular weight excluding hydrogens is 409 g/mol. The van der Waals surface area contributed by atoms with Gasteiger partial charge in [0.2, 0.25) is 11.7 Å². The van der Waals surface area contributed by atoms with Gasteiger partial charge < -0.3 is 14.6 Å². The molecule has 3 heterocycles. The zero-order chi connectivity index (χ0) is 21.7. The molecule has 0 radical (unpaired) electrons. The molecule has 2 amide bonds. The van der Waals surface area contributed by atoms with E-state index in [1.165, 1.54) is 31.5 Å². The second kappa shape index (κ2) is 8.55. The van der Waals surface area contributed by atoms with Crippen LogP contribution in [0.15, 0.2) is 41.2 Å². The highest BCUT2D eigenvalue weighted by Crippen LogP contribution is 2.29. The Morgan fingerprint density at radius 2 is 1.77 bits per heavy atom. The SMILES string of the molecule is CC(=O)Nc1ccc(COC(=O)Nc2ccc(-c3noc(C(F)(F)F)n3)cn2)cn1. The Hall–Kier alpha value is -4.03. The summed E-state index contributed by atoms with van der Waals surface area (Å²) in [6.45, 7) is 1.27. The van der Waals surface area contributed by atoms with Crippen molar-refractivity contribution in [2.24, 2.45) is 0 Å². The molecule has 10 nitrogen and oxygen atoms in total. The number of hydrogen-bond donors (Lipinski definition) is 2. The topological polar surface area (TPSA) is 132 Å². The predicted octanol–water partition coefficient (Wildman–Crippen LogP) is 3.25. The monoisotopic (exact) mass is 422 g/mol. The maximum atomic E-state index is 12.5. The number of carbonyl (C=O) groups excluding carboxylic acids is 2. The number of ether oxygens (including phenoxy) is 1. The maximum absolute atomic E-state index is 12.5. The molecule has 0 fully saturated rings. The van der Waals surface area contributed by atoms with Gasteiger partial charge in [-0.05, 0) is 18.2 Å². The number of nitrogens with zero attached hydrogens (tertiary/aromatic N) is 4. The highest BCUT2D eigenvalue weighted by Gasteiger charge is 2.38. The van der Waals surface area contributed by atoms with Crippen molar-refractivity contribution in [3.63, 3.8) is 0 Å². The summed E-state index contributed by atoms with van der Waals surface area (Å²) < 4.78 is 46.7. The first-order valence-corrected chi connectivity index (χ1v) is 8.24. The molecule has 3 rings (SSSR count). The van der Waals surface area contributed by atoms with Crippen molar-refractivity contribution in [2.45, 2.75) is 19.7 Å². The van der Waals surface area contributed by atoms with Crippen LogP contribution in [0.2, 0.25) is 0 Å². The quantitative estimate of drug-likeness (QED) is 0.640. The van der Waals surface area contributed by atoms with Crippen LogP contribution in [0.3, 0.4) is 0 Å². The van der Waals surface area contributed by atoms with Crippen molar-refractivity contribution < 1.29 is 32.0 Å².